The van der Waals surface area contributed by atoms with E-state index in [-0.39, 0.29) is 11.3 Å². The van der Waals surface area contributed by atoms with Crippen LogP contribution in [0.2, 0.25) is 0 Å². The first-order chi connectivity index (χ1) is 14.2. The molecule has 156 valence electrons. The molecule has 1 aromatic carbocycles. The van der Waals surface area contributed by atoms with Gasteiger partial charge >= 0.3 is 0 Å². The average Bonchev–Trinajstić information content (AvgIpc) is 2.70. The van der Waals surface area contributed by atoms with E-state index in [0.717, 1.165) is 30.1 Å². The summed E-state index contributed by atoms with van der Waals surface area (Å²) < 4.78 is 68.5. The second-order valence-electron chi connectivity index (χ2n) is 6.26. The van der Waals surface area contributed by atoms with Crippen LogP contribution in [0.3, 0.4) is 0 Å². The minimum Gasteiger partial charge on any atom is -0.364 e. The molecule has 2 N–H and O–H groups in total. The highest BCUT2D eigenvalue weighted by Gasteiger charge is 2.28. The summed E-state index contributed by atoms with van der Waals surface area (Å²) in [7, 11) is 0. The van der Waals surface area contributed by atoms with Gasteiger partial charge in [0.05, 0.1) is 5.25 Å². The maximum absolute atomic E-state index is 14.6. The molecule has 2 heterocycles. The predicted octanol–water partition coefficient (Wildman–Crippen LogP) is 5.12. The third-order valence-corrected chi connectivity index (χ3v) is 5.50. The van der Waals surface area contributed by atoms with E-state index < -0.39 is 46.3 Å². The van der Waals surface area contributed by atoms with Crippen molar-refractivity contribution in [2.24, 2.45) is 5.73 Å². The summed E-state index contributed by atoms with van der Waals surface area (Å²) in [5, 5.41) is -1.14. The van der Waals surface area contributed by atoms with Gasteiger partial charge in [-0.05, 0) is 48.4 Å². The number of hydrogen-bond acceptors (Lipinski definition) is 4. The van der Waals surface area contributed by atoms with E-state index in [1.165, 1.54) is 18.3 Å². The maximum Gasteiger partial charge on any atom is 0.280 e. The van der Waals surface area contributed by atoms with Crippen LogP contribution in [0.5, 0.6) is 0 Å². The normalized spacial score (nSPS) is 12.2. The highest BCUT2D eigenvalue weighted by molar-refractivity contribution is 7.99. The Balaban J connectivity index is 2.13. The van der Waals surface area contributed by atoms with Crippen LogP contribution in [0.4, 0.5) is 22.0 Å². The molecule has 1 atom stereocenters. The lowest BCUT2D eigenvalue weighted by molar-refractivity contribution is 0.0995. The van der Waals surface area contributed by atoms with Gasteiger partial charge in [-0.2, -0.15) is 0 Å². The van der Waals surface area contributed by atoms with Crippen LogP contribution in [0, 0.1) is 24.4 Å². The summed E-state index contributed by atoms with van der Waals surface area (Å²) in [6.07, 6.45) is -0.419. The van der Waals surface area contributed by atoms with E-state index in [9.17, 15) is 26.7 Å². The number of halogens is 5. The first kappa shape index (κ1) is 21.7. The summed E-state index contributed by atoms with van der Waals surface area (Å²) in [5.74, 6) is -4.42. The minimum absolute atomic E-state index is 0.0526. The molecule has 30 heavy (non-hydrogen) atoms. The molecule has 2 aromatic heterocycles. The van der Waals surface area contributed by atoms with Crippen LogP contribution in [0.25, 0.3) is 0 Å². The van der Waals surface area contributed by atoms with E-state index in [2.05, 4.69) is 9.97 Å². The van der Waals surface area contributed by atoms with Gasteiger partial charge in [0.2, 0.25) is 0 Å². The topological polar surface area (TPSA) is 68.9 Å². The summed E-state index contributed by atoms with van der Waals surface area (Å²) in [4.78, 5) is 19.2. The van der Waals surface area contributed by atoms with E-state index in [1.54, 1.807) is 6.92 Å². The van der Waals surface area contributed by atoms with Crippen molar-refractivity contribution >= 4 is 17.7 Å². The molecule has 0 aliphatic rings. The lowest BCUT2D eigenvalue weighted by atomic mass is 10.00. The summed E-state index contributed by atoms with van der Waals surface area (Å²) >= 11 is 0.871. The van der Waals surface area contributed by atoms with E-state index >= 15 is 0 Å². The van der Waals surface area contributed by atoms with Gasteiger partial charge in [-0.15, -0.1) is 11.8 Å². The molecule has 3 rings (SSSR count). The third-order valence-electron chi connectivity index (χ3n) is 4.26. The van der Waals surface area contributed by atoms with Crippen molar-refractivity contribution in [3.63, 3.8) is 0 Å². The molecule has 0 aliphatic heterocycles. The smallest absolute Gasteiger partial charge is 0.280 e. The Labute approximate surface area is 172 Å². The highest BCUT2D eigenvalue weighted by Crippen LogP contribution is 2.43. The minimum atomic E-state index is -2.77. The largest absolute Gasteiger partial charge is 0.364 e. The zero-order valence-corrected chi connectivity index (χ0v) is 16.2. The van der Waals surface area contributed by atoms with E-state index in [4.69, 9.17) is 5.73 Å². The van der Waals surface area contributed by atoms with Gasteiger partial charge < -0.3 is 5.73 Å². The number of primary amides is 1. The number of carbonyl (C=O) groups excluding carboxylic acids is 1. The molecule has 3 aromatic rings. The summed E-state index contributed by atoms with van der Waals surface area (Å²) in [6.45, 7) is 1.57. The molecular weight excluding hydrogens is 425 g/mol. The van der Waals surface area contributed by atoms with Crippen molar-refractivity contribution in [2.45, 2.75) is 23.5 Å². The number of hydrogen-bond donors (Lipinski definition) is 1. The lowest BCUT2D eigenvalue weighted by Gasteiger charge is -2.21. The van der Waals surface area contributed by atoms with Crippen molar-refractivity contribution in [1.29, 1.82) is 0 Å². The van der Waals surface area contributed by atoms with Crippen LogP contribution in [0.1, 0.15) is 44.5 Å². The maximum atomic E-state index is 14.6. The highest BCUT2D eigenvalue weighted by atomic mass is 32.2. The monoisotopic (exact) mass is 439 g/mol. The first-order valence-corrected chi connectivity index (χ1v) is 9.37. The number of amides is 1. The van der Waals surface area contributed by atoms with Crippen molar-refractivity contribution in [2.75, 3.05) is 0 Å². The molecule has 0 radical (unpaired) electrons. The standard InChI is InChI=1S/C20H14F5N3OS/c1-9-6-15(20(26)29)28-8-11(9)18(16-12(21)3-4-13(22)17(16)23)30-10-2-5-14(19(24)25)27-7-10/h2-8,18-19H,1H3,(H2,26,29). The number of aryl methyl sites for hydroxylation is 1. The Morgan fingerprint density at radius 2 is 1.73 bits per heavy atom. The molecule has 10 heteroatoms. The van der Waals surface area contributed by atoms with Crippen LogP contribution in [-0.2, 0) is 0 Å². The number of rotatable bonds is 6. The number of thioether (sulfide) groups is 1. The third kappa shape index (κ3) is 4.43. The zero-order chi connectivity index (χ0) is 22.0. The van der Waals surface area contributed by atoms with Gasteiger partial charge in [-0.3, -0.25) is 14.8 Å². The number of alkyl halides is 2. The van der Waals surface area contributed by atoms with Crippen LogP contribution in [-0.4, -0.2) is 15.9 Å². The molecule has 0 saturated heterocycles. The molecule has 0 aliphatic carbocycles. The van der Waals surface area contributed by atoms with Crippen LogP contribution in [0.15, 0.2) is 47.6 Å². The number of nitrogens with zero attached hydrogens (tertiary/aromatic N) is 2. The Kier molecular flexibility index (Phi) is 6.35. The number of pyridine rings is 2. The fraction of sp³-hybridized carbons (Fsp3) is 0.150. The molecule has 0 bridgehead atoms. The second-order valence-corrected chi connectivity index (χ2v) is 7.44. The lowest BCUT2D eigenvalue weighted by Crippen LogP contribution is -2.15. The Morgan fingerprint density at radius 3 is 2.30 bits per heavy atom. The molecule has 4 nitrogen and oxygen atoms in total. The number of benzene rings is 1. The molecule has 1 amide bonds. The number of aromatic nitrogens is 2. The zero-order valence-electron chi connectivity index (χ0n) is 15.4. The van der Waals surface area contributed by atoms with E-state index in [0.29, 0.717) is 16.5 Å². The van der Waals surface area contributed by atoms with Gasteiger partial charge in [0, 0.05) is 22.9 Å². The molecule has 0 fully saturated rings. The number of carbonyl (C=O) groups is 1. The van der Waals surface area contributed by atoms with Crippen molar-refractivity contribution in [3.05, 3.63) is 88.3 Å². The Bertz CT molecular complexity index is 1090. The predicted molar refractivity (Wildman–Crippen MR) is 101 cm³/mol. The Hall–Kier alpha value is -3.01. The van der Waals surface area contributed by atoms with Gasteiger partial charge in [-0.1, -0.05) is 0 Å². The van der Waals surface area contributed by atoms with Crippen LogP contribution >= 0.6 is 11.8 Å². The van der Waals surface area contributed by atoms with Gasteiger partial charge in [0.25, 0.3) is 12.3 Å². The summed E-state index contributed by atoms with van der Waals surface area (Å²) in [6, 6.07) is 5.21. The summed E-state index contributed by atoms with van der Waals surface area (Å²) in [5.41, 5.74) is 4.83. The average molecular weight is 439 g/mol. The molecule has 0 saturated carbocycles. The molecular formula is C20H14F5N3OS. The van der Waals surface area contributed by atoms with Gasteiger partial charge in [-0.25, -0.2) is 22.0 Å². The quantitative estimate of drug-likeness (QED) is 0.329. The fourth-order valence-electron chi connectivity index (χ4n) is 2.76. The fourth-order valence-corrected chi connectivity index (χ4v) is 4.00. The van der Waals surface area contributed by atoms with Crippen molar-refractivity contribution in [1.82, 2.24) is 9.97 Å². The molecule has 1 unspecified atom stereocenters. The van der Waals surface area contributed by atoms with Gasteiger partial charge in [0.15, 0.2) is 11.6 Å². The van der Waals surface area contributed by atoms with Crippen LogP contribution < -0.4 is 5.73 Å². The molecule has 0 spiro atoms. The Morgan fingerprint density at radius 1 is 1.03 bits per heavy atom. The second kappa shape index (κ2) is 8.78. The number of nitrogens with two attached hydrogens (primary N) is 1. The first-order valence-electron chi connectivity index (χ1n) is 8.49. The van der Waals surface area contributed by atoms with E-state index in [1.807, 2.05) is 0 Å². The van der Waals surface area contributed by atoms with Gasteiger partial charge in [0.1, 0.15) is 17.2 Å². The SMILES string of the molecule is Cc1cc(C(N)=O)ncc1C(Sc1ccc(C(F)F)nc1)c1c(F)ccc(F)c1F. The van der Waals surface area contributed by atoms with Crippen molar-refractivity contribution < 1.29 is 26.7 Å². The van der Waals surface area contributed by atoms with Crippen molar-refractivity contribution in [3.8, 4) is 0 Å².